The third-order valence-corrected chi connectivity index (χ3v) is 1.27. The molecule has 1 heteroatoms. The van der Waals surface area contributed by atoms with Crippen LogP contribution in [-0.2, 0) is 0 Å². The maximum Gasteiger partial charge on any atom is 0.0281 e. The zero-order valence-corrected chi connectivity index (χ0v) is 7.80. The molecule has 0 amide bonds. The fraction of sp³-hybridized carbons (Fsp3) is 0.182. The van der Waals surface area contributed by atoms with E-state index in [1.807, 2.05) is 19.1 Å². The summed E-state index contributed by atoms with van der Waals surface area (Å²) in [6.07, 6.45) is 5.47. The predicted octanol–water partition coefficient (Wildman–Crippen LogP) is 2.93. The second-order valence-corrected chi connectivity index (χ2v) is 2.62. The summed E-state index contributed by atoms with van der Waals surface area (Å²) in [6, 6.07) is 0. The van der Waals surface area contributed by atoms with Gasteiger partial charge in [0.2, 0.25) is 0 Å². The Morgan fingerprint density at radius 3 is 2.08 bits per heavy atom. The molecular formula is C11H15N. The first-order valence-electron chi connectivity index (χ1n) is 3.72. The number of hydrogen-bond acceptors (Lipinski definition) is 1. The van der Waals surface area contributed by atoms with Gasteiger partial charge in [-0.2, -0.15) is 0 Å². The first kappa shape index (κ1) is 10.6. The molecule has 12 heavy (non-hydrogen) atoms. The Balaban J connectivity index is 4.23. The fourth-order valence-corrected chi connectivity index (χ4v) is 0.589. The maximum absolute atomic E-state index is 3.84. The summed E-state index contributed by atoms with van der Waals surface area (Å²) < 4.78 is 0. The van der Waals surface area contributed by atoms with Gasteiger partial charge in [0.1, 0.15) is 0 Å². The molecule has 0 saturated heterocycles. The van der Waals surface area contributed by atoms with Crippen LogP contribution in [0, 0.1) is 0 Å². The van der Waals surface area contributed by atoms with Gasteiger partial charge in [-0.25, -0.2) is 0 Å². The normalized spacial score (nSPS) is 10.8. The molecule has 0 N–H and O–H groups in total. The van der Waals surface area contributed by atoms with Crippen LogP contribution in [0.25, 0.3) is 0 Å². The van der Waals surface area contributed by atoms with Gasteiger partial charge < -0.3 is 0 Å². The van der Waals surface area contributed by atoms with E-state index in [-0.39, 0.29) is 0 Å². The van der Waals surface area contributed by atoms with Gasteiger partial charge in [-0.05, 0) is 18.1 Å². The number of hydrogen-bond donors (Lipinski definition) is 0. The van der Waals surface area contributed by atoms with Gasteiger partial charge in [-0.15, -0.1) is 0 Å². The quantitative estimate of drug-likeness (QED) is 0.444. The van der Waals surface area contributed by atoms with E-state index in [4.69, 9.17) is 0 Å². The highest BCUT2D eigenvalue weighted by atomic mass is 14.6. The summed E-state index contributed by atoms with van der Waals surface area (Å²) in [7, 11) is 1.71. The molecular weight excluding hydrogens is 146 g/mol. The molecule has 0 radical (unpaired) electrons. The average Bonchev–Trinajstić information content (AvgIpc) is 2.00. The van der Waals surface area contributed by atoms with Crippen molar-refractivity contribution in [3.05, 3.63) is 48.6 Å². The number of rotatable bonds is 4. The van der Waals surface area contributed by atoms with E-state index in [1.54, 1.807) is 13.3 Å². The van der Waals surface area contributed by atoms with Crippen molar-refractivity contribution in [1.82, 2.24) is 0 Å². The highest BCUT2D eigenvalue weighted by molar-refractivity contribution is 5.84. The summed E-state index contributed by atoms with van der Waals surface area (Å²) in [5, 5.41) is 0. The molecule has 0 bridgehead atoms. The fourth-order valence-electron chi connectivity index (χ4n) is 0.589. The molecule has 0 aliphatic heterocycles. The molecule has 0 heterocycles. The summed E-state index contributed by atoms with van der Waals surface area (Å²) in [6.45, 7) is 13.3. The minimum Gasteiger partial charge on any atom is -0.296 e. The summed E-state index contributed by atoms with van der Waals surface area (Å²) in [4.78, 5) is 3.84. The largest absolute Gasteiger partial charge is 0.296 e. The zero-order chi connectivity index (χ0) is 9.56. The van der Waals surface area contributed by atoms with Crippen LogP contribution in [0.2, 0.25) is 0 Å². The second kappa shape index (κ2) is 5.30. The lowest BCUT2D eigenvalue weighted by Crippen LogP contribution is -1.83. The van der Waals surface area contributed by atoms with Crippen molar-refractivity contribution in [2.75, 3.05) is 7.05 Å². The highest BCUT2D eigenvalue weighted by Gasteiger charge is 1.90. The minimum absolute atomic E-state index is 0.829. The van der Waals surface area contributed by atoms with Gasteiger partial charge >= 0.3 is 0 Å². The monoisotopic (exact) mass is 161 g/mol. The first-order chi connectivity index (χ1) is 5.57. The Morgan fingerprint density at radius 1 is 1.08 bits per heavy atom. The summed E-state index contributed by atoms with van der Waals surface area (Å²) in [5.41, 5.74) is 2.69. The van der Waals surface area contributed by atoms with Crippen molar-refractivity contribution in [1.29, 1.82) is 0 Å². The number of aliphatic imine (C=N–C) groups is 1. The predicted molar refractivity (Wildman–Crippen MR) is 56.7 cm³/mol. The maximum atomic E-state index is 3.84. The van der Waals surface area contributed by atoms with Crippen LogP contribution in [0.5, 0.6) is 0 Å². The van der Waals surface area contributed by atoms with E-state index >= 15 is 0 Å². The standard InChI is InChI=1S/C11H15N/c1-9(2)6-7-10(3)11(4)8-12-5/h6-8H,1,3-4H2,2,5H3/b7-6-,12-8?. The van der Waals surface area contributed by atoms with E-state index < -0.39 is 0 Å². The minimum atomic E-state index is 0.829. The first-order valence-corrected chi connectivity index (χ1v) is 3.72. The van der Waals surface area contributed by atoms with Crippen LogP contribution >= 0.6 is 0 Å². The Hall–Kier alpha value is -1.37. The molecule has 0 atom stereocenters. The zero-order valence-electron chi connectivity index (χ0n) is 7.80. The molecule has 0 aromatic rings. The van der Waals surface area contributed by atoms with Crippen molar-refractivity contribution in [3.8, 4) is 0 Å². The van der Waals surface area contributed by atoms with Crippen LogP contribution in [0.1, 0.15) is 6.92 Å². The Morgan fingerprint density at radius 2 is 1.67 bits per heavy atom. The highest BCUT2D eigenvalue weighted by Crippen LogP contribution is 2.05. The molecule has 0 aliphatic rings. The molecule has 0 saturated carbocycles. The Bertz CT molecular complexity index is 254. The van der Waals surface area contributed by atoms with Gasteiger partial charge in [0, 0.05) is 13.3 Å². The summed E-state index contributed by atoms with van der Waals surface area (Å²) in [5.74, 6) is 0. The van der Waals surface area contributed by atoms with Crippen molar-refractivity contribution in [3.63, 3.8) is 0 Å². The van der Waals surface area contributed by atoms with Crippen LogP contribution in [0.4, 0.5) is 0 Å². The molecule has 0 fully saturated rings. The number of nitrogens with zero attached hydrogens (tertiary/aromatic N) is 1. The lowest BCUT2D eigenvalue weighted by molar-refractivity contribution is 1.46. The smallest absolute Gasteiger partial charge is 0.0281 e. The van der Waals surface area contributed by atoms with Crippen molar-refractivity contribution < 1.29 is 0 Å². The van der Waals surface area contributed by atoms with Crippen molar-refractivity contribution in [2.24, 2.45) is 4.99 Å². The van der Waals surface area contributed by atoms with E-state index in [0.29, 0.717) is 0 Å². The lowest BCUT2D eigenvalue weighted by Gasteiger charge is -1.96. The van der Waals surface area contributed by atoms with Crippen LogP contribution in [-0.4, -0.2) is 13.3 Å². The Kier molecular flexibility index (Phi) is 4.70. The third-order valence-electron chi connectivity index (χ3n) is 1.27. The molecule has 0 rings (SSSR count). The third kappa shape index (κ3) is 4.45. The van der Waals surface area contributed by atoms with E-state index in [0.717, 1.165) is 16.7 Å². The van der Waals surface area contributed by atoms with Crippen LogP contribution in [0.3, 0.4) is 0 Å². The van der Waals surface area contributed by atoms with E-state index in [9.17, 15) is 0 Å². The van der Waals surface area contributed by atoms with Gasteiger partial charge in [-0.3, -0.25) is 4.99 Å². The van der Waals surface area contributed by atoms with Crippen molar-refractivity contribution in [2.45, 2.75) is 6.92 Å². The Labute approximate surface area is 74.5 Å². The molecule has 0 aromatic heterocycles. The average molecular weight is 161 g/mol. The van der Waals surface area contributed by atoms with Gasteiger partial charge in [0.05, 0.1) is 0 Å². The van der Waals surface area contributed by atoms with Crippen LogP contribution < -0.4 is 0 Å². The van der Waals surface area contributed by atoms with E-state index in [2.05, 4.69) is 24.7 Å². The van der Waals surface area contributed by atoms with Gasteiger partial charge in [0.25, 0.3) is 0 Å². The summed E-state index contributed by atoms with van der Waals surface area (Å²) >= 11 is 0. The van der Waals surface area contributed by atoms with Crippen LogP contribution in [0.15, 0.2) is 53.6 Å². The second-order valence-electron chi connectivity index (χ2n) is 2.62. The number of allylic oxidation sites excluding steroid dienone is 5. The van der Waals surface area contributed by atoms with Crippen molar-refractivity contribution >= 4 is 6.21 Å². The molecule has 0 unspecified atom stereocenters. The van der Waals surface area contributed by atoms with Gasteiger partial charge in [0.15, 0.2) is 0 Å². The molecule has 0 aromatic carbocycles. The molecule has 1 nitrogen and oxygen atoms in total. The molecule has 0 aliphatic carbocycles. The topological polar surface area (TPSA) is 12.4 Å². The SMILES string of the molecule is C=C(C)/C=C\C(=C)C(=C)C=NC. The molecule has 0 spiro atoms. The molecule has 64 valence electrons. The lowest BCUT2D eigenvalue weighted by atomic mass is 10.1. The van der Waals surface area contributed by atoms with E-state index in [1.165, 1.54) is 0 Å². The van der Waals surface area contributed by atoms with Gasteiger partial charge in [-0.1, -0.05) is 37.5 Å².